The summed E-state index contributed by atoms with van der Waals surface area (Å²) >= 11 is 3.52. The number of aryl methyl sites for hydroxylation is 1. The van der Waals surface area contributed by atoms with Gasteiger partial charge in [-0.2, -0.15) is 0 Å². The van der Waals surface area contributed by atoms with Crippen LogP contribution < -0.4 is 5.32 Å². The molecule has 0 spiro atoms. The fourth-order valence-electron chi connectivity index (χ4n) is 2.40. The molecule has 0 saturated heterocycles. The Bertz CT molecular complexity index is 608. The lowest BCUT2D eigenvalue weighted by Crippen LogP contribution is -2.24. The number of hydrogen-bond donors (Lipinski definition) is 1. The van der Waals surface area contributed by atoms with Crippen molar-refractivity contribution in [2.24, 2.45) is 0 Å². The smallest absolute Gasteiger partial charge is 0.129 e. The predicted octanol–water partition coefficient (Wildman–Crippen LogP) is 4.93. The molecule has 1 N–H and O–H groups in total. The van der Waals surface area contributed by atoms with Crippen LogP contribution in [0, 0.1) is 18.6 Å². The standard InChI is InChI=1S/C17H18BrF2N/c1-3-21-17(12-9-11(2)7-8-14(12)18)10-13-15(19)5-4-6-16(13)20/h4-9,17,21H,3,10H2,1-2H3. The number of rotatable bonds is 5. The van der Waals surface area contributed by atoms with Gasteiger partial charge in [-0.3, -0.25) is 0 Å². The molecule has 0 bridgehead atoms. The van der Waals surface area contributed by atoms with E-state index in [-0.39, 0.29) is 18.0 Å². The second-order valence-electron chi connectivity index (χ2n) is 5.04. The van der Waals surface area contributed by atoms with Crippen molar-refractivity contribution in [1.82, 2.24) is 5.32 Å². The molecular formula is C17H18BrF2N. The third-order valence-corrected chi connectivity index (χ3v) is 4.17. The van der Waals surface area contributed by atoms with E-state index in [1.54, 1.807) is 0 Å². The quantitative estimate of drug-likeness (QED) is 0.803. The fourth-order valence-corrected chi connectivity index (χ4v) is 2.92. The van der Waals surface area contributed by atoms with Gasteiger partial charge in [-0.15, -0.1) is 0 Å². The van der Waals surface area contributed by atoms with Crippen molar-refractivity contribution in [3.8, 4) is 0 Å². The average Bonchev–Trinajstić information content (AvgIpc) is 2.44. The van der Waals surface area contributed by atoms with E-state index in [4.69, 9.17) is 0 Å². The van der Waals surface area contributed by atoms with Crippen molar-refractivity contribution >= 4 is 15.9 Å². The number of benzene rings is 2. The molecule has 2 aromatic rings. The first-order chi connectivity index (χ1) is 10.0. The van der Waals surface area contributed by atoms with Crippen molar-refractivity contribution in [1.29, 1.82) is 0 Å². The van der Waals surface area contributed by atoms with Gasteiger partial charge in [0.25, 0.3) is 0 Å². The molecule has 1 nitrogen and oxygen atoms in total. The molecule has 112 valence electrons. The van der Waals surface area contributed by atoms with Crippen LogP contribution in [-0.4, -0.2) is 6.54 Å². The van der Waals surface area contributed by atoms with Gasteiger partial charge in [0.15, 0.2) is 0 Å². The molecule has 2 rings (SSSR count). The highest BCUT2D eigenvalue weighted by atomic mass is 79.9. The molecule has 0 saturated carbocycles. The third kappa shape index (κ3) is 3.89. The molecule has 0 aliphatic carbocycles. The van der Waals surface area contributed by atoms with E-state index in [2.05, 4.69) is 21.2 Å². The summed E-state index contributed by atoms with van der Waals surface area (Å²) in [6.07, 6.45) is 0.272. The topological polar surface area (TPSA) is 12.0 Å². The summed E-state index contributed by atoms with van der Waals surface area (Å²) < 4.78 is 28.7. The van der Waals surface area contributed by atoms with Crippen LogP contribution >= 0.6 is 15.9 Å². The average molecular weight is 354 g/mol. The first-order valence-corrected chi connectivity index (χ1v) is 7.74. The van der Waals surface area contributed by atoms with E-state index in [9.17, 15) is 8.78 Å². The lowest BCUT2D eigenvalue weighted by molar-refractivity contribution is 0.498. The van der Waals surface area contributed by atoms with Gasteiger partial charge >= 0.3 is 0 Å². The second-order valence-corrected chi connectivity index (χ2v) is 5.89. The van der Waals surface area contributed by atoms with Crippen molar-refractivity contribution in [2.75, 3.05) is 6.54 Å². The highest BCUT2D eigenvalue weighted by molar-refractivity contribution is 9.10. The molecule has 2 aromatic carbocycles. The molecule has 0 radical (unpaired) electrons. The Morgan fingerprint density at radius 1 is 1.14 bits per heavy atom. The highest BCUT2D eigenvalue weighted by Gasteiger charge is 2.18. The second kappa shape index (κ2) is 7.14. The minimum Gasteiger partial charge on any atom is -0.310 e. The molecule has 0 fully saturated rings. The van der Waals surface area contributed by atoms with Gasteiger partial charge in [-0.05, 0) is 43.7 Å². The molecule has 0 aliphatic rings. The van der Waals surface area contributed by atoms with Gasteiger partial charge in [0.1, 0.15) is 11.6 Å². The molecule has 1 atom stereocenters. The maximum Gasteiger partial charge on any atom is 0.129 e. The molecule has 0 aliphatic heterocycles. The highest BCUT2D eigenvalue weighted by Crippen LogP contribution is 2.28. The number of nitrogens with one attached hydrogen (secondary N) is 1. The SMILES string of the molecule is CCNC(Cc1c(F)cccc1F)c1cc(C)ccc1Br. The minimum absolute atomic E-state index is 0.122. The largest absolute Gasteiger partial charge is 0.310 e. The van der Waals surface area contributed by atoms with Gasteiger partial charge < -0.3 is 5.32 Å². The fraction of sp³-hybridized carbons (Fsp3) is 0.294. The molecule has 0 aromatic heterocycles. The summed E-state index contributed by atoms with van der Waals surface area (Å²) in [5.74, 6) is -0.997. The Morgan fingerprint density at radius 3 is 2.43 bits per heavy atom. The Morgan fingerprint density at radius 2 is 1.81 bits per heavy atom. The van der Waals surface area contributed by atoms with Crippen LogP contribution in [0.3, 0.4) is 0 Å². The Kier molecular flexibility index (Phi) is 5.48. The van der Waals surface area contributed by atoms with Crippen molar-refractivity contribution in [3.05, 3.63) is 69.2 Å². The maximum absolute atomic E-state index is 13.9. The predicted molar refractivity (Wildman–Crippen MR) is 85.4 cm³/mol. The monoisotopic (exact) mass is 353 g/mol. The Hall–Kier alpha value is -1.26. The van der Waals surface area contributed by atoms with Gasteiger partial charge in [-0.1, -0.05) is 46.6 Å². The molecule has 0 amide bonds. The van der Waals surface area contributed by atoms with Crippen molar-refractivity contribution in [3.63, 3.8) is 0 Å². The minimum atomic E-state index is -0.498. The lowest BCUT2D eigenvalue weighted by Gasteiger charge is -2.21. The normalized spacial score (nSPS) is 12.4. The van der Waals surface area contributed by atoms with E-state index >= 15 is 0 Å². The van der Waals surface area contributed by atoms with Crippen LogP contribution in [0.2, 0.25) is 0 Å². The van der Waals surface area contributed by atoms with Gasteiger partial charge in [0.2, 0.25) is 0 Å². The van der Waals surface area contributed by atoms with E-state index in [0.717, 1.165) is 22.1 Å². The summed E-state index contributed by atoms with van der Waals surface area (Å²) in [5, 5.41) is 3.31. The summed E-state index contributed by atoms with van der Waals surface area (Å²) in [7, 11) is 0. The van der Waals surface area contributed by atoms with Crippen LogP contribution in [-0.2, 0) is 6.42 Å². The first-order valence-electron chi connectivity index (χ1n) is 6.95. The first kappa shape index (κ1) is 16.1. The molecule has 21 heavy (non-hydrogen) atoms. The van der Waals surface area contributed by atoms with Gasteiger partial charge in [0.05, 0.1) is 0 Å². The summed E-state index contributed by atoms with van der Waals surface area (Å²) in [4.78, 5) is 0. The number of likely N-dealkylation sites (N-methyl/N-ethyl adjacent to an activating group) is 1. The van der Waals surface area contributed by atoms with E-state index in [1.165, 1.54) is 18.2 Å². The van der Waals surface area contributed by atoms with E-state index in [1.807, 2.05) is 32.0 Å². The van der Waals surface area contributed by atoms with Crippen molar-refractivity contribution in [2.45, 2.75) is 26.3 Å². The van der Waals surface area contributed by atoms with E-state index in [0.29, 0.717) is 0 Å². The molecule has 0 heterocycles. The van der Waals surface area contributed by atoms with Crippen LogP contribution in [0.25, 0.3) is 0 Å². The number of hydrogen-bond acceptors (Lipinski definition) is 1. The zero-order valence-corrected chi connectivity index (χ0v) is 13.7. The van der Waals surface area contributed by atoms with Gasteiger partial charge in [0, 0.05) is 16.1 Å². The molecule has 1 unspecified atom stereocenters. The van der Waals surface area contributed by atoms with Crippen LogP contribution in [0.4, 0.5) is 8.78 Å². The van der Waals surface area contributed by atoms with E-state index < -0.39 is 11.6 Å². The summed E-state index contributed by atoms with van der Waals surface area (Å²) in [6.45, 7) is 4.71. The van der Waals surface area contributed by atoms with Crippen LogP contribution in [0.15, 0.2) is 40.9 Å². The molecule has 4 heteroatoms. The van der Waals surface area contributed by atoms with Crippen LogP contribution in [0.5, 0.6) is 0 Å². The van der Waals surface area contributed by atoms with Gasteiger partial charge in [-0.25, -0.2) is 8.78 Å². The van der Waals surface area contributed by atoms with Crippen molar-refractivity contribution < 1.29 is 8.78 Å². The lowest BCUT2D eigenvalue weighted by atomic mass is 9.97. The number of halogens is 3. The zero-order chi connectivity index (χ0) is 15.4. The maximum atomic E-state index is 13.9. The third-order valence-electron chi connectivity index (χ3n) is 3.45. The summed E-state index contributed by atoms with van der Waals surface area (Å²) in [5.41, 5.74) is 2.25. The molecular weight excluding hydrogens is 336 g/mol. The Balaban J connectivity index is 2.38. The summed E-state index contributed by atoms with van der Waals surface area (Å²) in [6, 6.07) is 9.84. The Labute approximate surface area is 132 Å². The zero-order valence-electron chi connectivity index (χ0n) is 12.1. The van der Waals surface area contributed by atoms with Crippen LogP contribution in [0.1, 0.15) is 29.7 Å².